The van der Waals surface area contributed by atoms with Crippen LogP contribution in [0.4, 0.5) is 5.69 Å². The maximum atomic E-state index is 5.05. The average Bonchev–Trinajstić information content (AvgIpc) is 2.47. The molecule has 2 aromatic rings. The van der Waals surface area contributed by atoms with Gasteiger partial charge in [0.2, 0.25) is 0 Å². The fourth-order valence-electron chi connectivity index (χ4n) is 1.77. The first-order chi connectivity index (χ1) is 9.28. The fourth-order valence-corrected chi connectivity index (χ4v) is 1.88. The molecule has 0 spiro atoms. The summed E-state index contributed by atoms with van der Waals surface area (Å²) < 4.78 is 0. The molecule has 0 radical (unpaired) electrons. The fraction of sp³-hybridized carbons (Fsp3) is 0.200. The van der Waals surface area contributed by atoms with Crippen LogP contribution in [-0.2, 0) is 12.8 Å². The first kappa shape index (κ1) is 13.5. The number of aryl methyl sites for hydroxylation is 2. The van der Waals surface area contributed by atoms with Gasteiger partial charge < -0.3 is 10.6 Å². The van der Waals surface area contributed by atoms with Crippen LogP contribution in [0.5, 0.6) is 0 Å². The van der Waals surface area contributed by atoms with Gasteiger partial charge in [-0.2, -0.15) is 0 Å². The molecular weight excluding hydrogens is 254 g/mol. The molecular formula is C15H17N3S. The van der Waals surface area contributed by atoms with Crippen molar-refractivity contribution in [2.45, 2.75) is 12.8 Å². The second-order valence-corrected chi connectivity index (χ2v) is 4.63. The van der Waals surface area contributed by atoms with Crippen molar-refractivity contribution < 1.29 is 0 Å². The number of pyridine rings is 1. The number of rotatable bonds is 4. The molecule has 0 amide bonds. The molecule has 0 saturated heterocycles. The van der Waals surface area contributed by atoms with Crippen LogP contribution >= 0.6 is 12.2 Å². The minimum absolute atomic E-state index is 0.626. The SMILES string of the molecule is CNC(=S)Nc1ccc(CCc2ccccn2)cc1. The highest BCUT2D eigenvalue weighted by molar-refractivity contribution is 7.80. The van der Waals surface area contributed by atoms with Crippen LogP contribution < -0.4 is 10.6 Å². The predicted molar refractivity (Wildman–Crippen MR) is 83.4 cm³/mol. The standard InChI is InChI=1S/C15H17N3S/c1-16-15(19)18-14-9-6-12(7-10-14)5-8-13-4-2-3-11-17-13/h2-4,6-7,9-11H,5,8H2,1H3,(H2,16,18,19). The normalized spacial score (nSPS) is 9.95. The average molecular weight is 271 g/mol. The number of hydrogen-bond acceptors (Lipinski definition) is 2. The molecule has 0 fully saturated rings. The maximum Gasteiger partial charge on any atom is 0.170 e. The Balaban J connectivity index is 1.90. The summed E-state index contributed by atoms with van der Waals surface area (Å²) in [6.45, 7) is 0. The first-order valence-corrected chi connectivity index (χ1v) is 6.66. The molecule has 2 N–H and O–H groups in total. The van der Waals surface area contributed by atoms with Crippen molar-refractivity contribution in [3.63, 3.8) is 0 Å². The van der Waals surface area contributed by atoms with Gasteiger partial charge in [-0.3, -0.25) is 4.98 Å². The van der Waals surface area contributed by atoms with E-state index in [1.54, 1.807) is 7.05 Å². The van der Waals surface area contributed by atoms with Crippen LogP contribution in [0.2, 0.25) is 0 Å². The first-order valence-electron chi connectivity index (χ1n) is 6.25. The maximum absolute atomic E-state index is 5.05. The summed E-state index contributed by atoms with van der Waals surface area (Å²) in [6.07, 6.45) is 3.79. The molecule has 1 heterocycles. The van der Waals surface area contributed by atoms with Gasteiger partial charge in [-0.05, 0) is 54.9 Å². The highest BCUT2D eigenvalue weighted by Gasteiger charge is 1.98. The third-order valence-corrected chi connectivity index (χ3v) is 3.14. The predicted octanol–water partition coefficient (Wildman–Crippen LogP) is 2.78. The van der Waals surface area contributed by atoms with E-state index < -0.39 is 0 Å². The molecule has 0 aliphatic heterocycles. The number of benzene rings is 1. The zero-order chi connectivity index (χ0) is 13.5. The molecule has 0 aliphatic carbocycles. The van der Waals surface area contributed by atoms with Crippen molar-refractivity contribution in [2.24, 2.45) is 0 Å². The lowest BCUT2D eigenvalue weighted by Crippen LogP contribution is -2.23. The monoisotopic (exact) mass is 271 g/mol. The van der Waals surface area contributed by atoms with Crippen molar-refractivity contribution in [3.8, 4) is 0 Å². The van der Waals surface area contributed by atoms with Gasteiger partial charge in [-0.1, -0.05) is 18.2 Å². The summed E-state index contributed by atoms with van der Waals surface area (Å²) in [5, 5.41) is 6.61. The second-order valence-electron chi connectivity index (χ2n) is 4.22. The molecule has 4 heteroatoms. The summed E-state index contributed by atoms with van der Waals surface area (Å²) in [6, 6.07) is 14.3. The van der Waals surface area contributed by atoms with Gasteiger partial charge in [0.15, 0.2) is 5.11 Å². The van der Waals surface area contributed by atoms with Crippen molar-refractivity contribution in [1.29, 1.82) is 0 Å². The third-order valence-electron chi connectivity index (χ3n) is 2.83. The molecule has 19 heavy (non-hydrogen) atoms. The van der Waals surface area contributed by atoms with Crippen LogP contribution in [0.3, 0.4) is 0 Å². The van der Waals surface area contributed by atoms with E-state index in [2.05, 4.69) is 33.8 Å². The van der Waals surface area contributed by atoms with Crippen LogP contribution in [-0.4, -0.2) is 17.1 Å². The van der Waals surface area contributed by atoms with E-state index in [1.807, 2.05) is 30.5 Å². The van der Waals surface area contributed by atoms with E-state index in [9.17, 15) is 0 Å². The van der Waals surface area contributed by atoms with Crippen molar-refractivity contribution in [3.05, 3.63) is 59.9 Å². The highest BCUT2D eigenvalue weighted by Crippen LogP contribution is 2.11. The summed E-state index contributed by atoms with van der Waals surface area (Å²) in [5.41, 5.74) is 3.42. The Morgan fingerprint density at radius 3 is 2.53 bits per heavy atom. The Kier molecular flexibility index (Phi) is 4.86. The Morgan fingerprint density at radius 2 is 1.89 bits per heavy atom. The Labute approximate surface area is 119 Å². The van der Waals surface area contributed by atoms with E-state index in [4.69, 9.17) is 12.2 Å². The zero-order valence-electron chi connectivity index (χ0n) is 10.9. The molecule has 98 valence electrons. The molecule has 0 aliphatic rings. The largest absolute Gasteiger partial charge is 0.366 e. The van der Waals surface area contributed by atoms with Gasteiger partial charge in [0.05, 0.1) is 0 Å². The lowest BCUT2D eigenvalue weighted by Gasteiger charge is -2.08. The lowest BCUT2D eigenvalue weighted by atomic mass is 10.1. The van der Waals surface area contributed by atoms with E-state index in [-0.39, 0.29) is 0 Å². The Bertz CT molecular complexity index is 523. The number of hydrogen-bond donors (Lipinski definition) is 2. The molecule has 0 unspecified atom stereocenters. The quantitative estimate of drug-likeness (QED) is 0.839. The van der Waals surface area contributed by atoms with Gasteiger partial charge in [-0.25, -0.2) is 0 Å². The van der Waals surface area contributed by atoms with Gasteiger partial charge in [-0.15, -0.1) is 0 Å². The van der Waals surface area contributed by atoms with Gasteiger partial charge in [0, 0.05) is 24.6 Å². The second kappa shape index (κ2) is 6.85. The van der Waals surface area contributed by atoms with E-state index in [1.165, 1.54) is 5.56 Å². The zero-order valence-corrected chi connectivity index (χ0v) is 11.7. The van der Waals surface area contributed by atoms with Crippen LogP contribution in [0.25, 0.3) is 0 Å². The molecule has 1 aromatic heterocycles. The van der Waals surface area contributed by atoms with Crippen LogP contribution in [0.15, 0.2) is 48.7 Å². The van der Waals surface area contributed by atoms with E-state index >= 15 is 0 Å². The molecule has 0 atom stereocenters. The summed E-state index contributed by atoms with van der Waals surface area (Å²) in [4.78, 5) is 4.32. The Hall–Kier alpha value is -1.94. The third kappa shape index (κ3) is 4.34. The van der Waals surface area contributed by atoms with Crippen molar-refractivity contribution >= 4 is 23.0 Å². The molecule has 2 rings (SSSR count). The number of nitrogens with one attached hydrogen (secondary N) is 2. The smallest absolute Gasteiger partial charge is 0.170 e. The minimum atomic E-state index is 0.626. The number of aromatic nitrogens is 1. The highest BCUT2D eigenvalue weighted by atomic mass is 32.1. The van der Waals surface area contributed by atoms with Gasteiger partial charge >= 0.3 is 0 Å². The van der Waals surface area contributed by atoms with Crippen molar-refractivity contribution in [2.75, 3.05) is 12.4 Å². The number of anilines is 1. The van der Waals surface area contributed by atoms with Crippen LogP contribution in [0.1, 0.15) is 11.3 Å². The molecule has 3 nitrogen and oxygen atoms in total. The molecule has 1 aromatic carbocycles. The van der Waals surface area contributed by atoms with Crippen LogP contribution in [0, 0.1) is 0 Å². The van der Waals surface area contributed by atoms with E-state index in [0.717, 1.165) is 24.2 Å². The lowest BCUT2D eigenvalue weighted by molar-refractivity contribution is 0.914. The molecule has 0 saturated carbocycles. The van der Waals surface area contributed by atoms with Gasteiger partial charge in [0.25, 0.3) is 0 Å². The van der Waals surface area contributed by atoms with Crippen molar-refractivity contribution in [1.82, 2.24) is 10.3 Å². The topological polar surface area (TPSA) is 37.0 Å². The summed E-state index contributed by atoms with van der Waals surface area (Å²) >= 11 is 5.05. The summed E-state index contributed by atoms with van der Waals surface area (Å²) in [5.74, 6) is 0. The van der Waals surface area contributed by atoms with E-state index in [0.29, 0.717) is 5.11 Å². The molecule has 0 bridgehead atoms. The number of nitrogens with zero attached hydrogens (tertiary/aromatic N) is 1. The summed E-state index contributed by atoms with van der Waals surface area (Å²) in [7, 11) is 1.80. The number of thiocarbonyl (C=S) groups is 1. The minimum Gasteiger partial charge on any atom is -0.366 e. The van der Waals surface area contributed by atoms with Gasteiger partial charge in [0.1, 0.15) is 0 Å². The Morgan fingerprint density at radius 1 is 1.11 bits per heavy atom.